The number of hydrogen-bond donors (Lipinski definition) is 2. The van der Waals surface area contributed by atoms with E-state index in [2.05, 4.69) is 12.2 Å². The van der Waals surface area contributed by atoms with Gasteiger partial charge in [-0.15, -0.1) is 0 Å². The quantitative estimate of drug-likeness (QED) is 0.229. The van der Waals surface area contributed by atoms with Crippen LogP contribution in [0.2, 0.25) is 0 Å². The molecule has 1 atom stereocenters. The second-order valence-electron chi connectivity index (χ2n) is 8.83. The molecule has 5 nitrogen and oxygen atoms in total. The Bertz CT molecular complexity index is 1090. The zero-order chi connectivity index (χ0) is 25.8. The van der Waals surface area contributed by atoms with E-state index in [1.165, 1.54) is 19.3 Å². The average Bonchev–Trinajstić information content (AvgIpc) is 2.88. The molecule has 3 aromatic carbocycles. The number of benzene rings is 3. The number of urea groups is 1. The number of carboxylic acids is 1. The lowest BCUT2D eigenvalue weighted by atomic mass is 9.97. The first-order chi connectivity index (χ1) is 17.5. The summed E-state index contributed by atoms with van der Waals surface area (Å²) in [5, 5.41) is 12.4. The van der Waals surface area contributed by atoms with Crippen LogP contribution in [0.1, 0.15) is 63.9 Å². The minimum Gasteiger partial charge on any atom is -0.481 e. The molecule has 0 saturated carbocycles. The monoisotopic (exact) mass is 504 g/mol. The fraction of sp³-hybridized carbons (Fsp3) is 0.333. The summed E-state index contributed by atoms with van der Waals surface area (Å²) < 4.78 is 0. The topological polar surface area (TPSA) is 69.6 Å². The number of aliphatic carboxylic acids is 1. The first-order valence-corrected chi connectivity index (χ1v) is 13.6. The summed E-state index contributed by atoms with van der Waals surface area (Å²) >= 11 is 1.62. The molecule has 2 N–H and O–H groups in total. The maximum Gasteiger partial charge on any atom is 0.326 e. The van der Waals surface area contributed by atoms with Crippen LogP contribution < -0.4 is 10.2 Å². The summed E-state index contributed by atoms with van der Waals surface area (Å²) in [4.78, 5) is 28.5. The molecule has 0 fully saturated rings. The van der Waals surface area contributed by atoms with E-state index in [-0.39, 0.29) is 6.03 Å². The number of amides is 2. The van der Waals surface area contributed by atoms with Gasteiger partial charge in [0.1, 0.15) is 0 Å². The maximum absolute atomic E-state index is 13.1. The zero-order valence-corrected chi connectivity index (χ0v) is 22.0. The van der Waals surface area contributed by atoms with E-state index < -0.39 is 11.9 Å². The van der Waals surface area contributed by atoms with Gasteiger partial charge in [-0.2, -0.15) is 0 Å². The lowest BCUT2D eigenvalue weighted by Gasteiger charge is -2.23. The maximum atomic E-state index is 13.1. The van der Waals surface area contributed by atoms with E-state index in [9.17, 15) is 14.7 Å². The first-order valence-electron chi connectivity index (χ1n) is 12.8. The molecular weight excluding hydrogens is 468 g/mol. The van der Waals surface area contributed by atoms with Crippen molar-refractivity contribution in [1.82, 2.24) is 0 Å². The molecule has 3 rings (SSSR count). The molecule has 0 radical (unpaired) electrons. The number of hydrogen-bond acceptors (Lipinski definition) is 3. The standard InChI is InChI=1S/C30H36N2O3S/c1-3-5-6-7-11-22-32(30(35)31-24-12-9-8-10-13-24)25-16-20-27(21-17-25)36-26-18-14-23(15-19-26)28(4-2)29(33)34/h8-10,12-21,28H,3-7,11,22H2,1-2H3,(H,31,35)(H,33,34). The third kappa shape index (κ3) is 8.16. The molecule has 0 heterocycles. The van der Waals surface area contributed by atoms with Crippen molar-refractivity contribution in [2.45, 2.75) is 68.1 Å². The summed E-state index contributed by atoms with van der Waals surface area (Å²) in [6.45, 7) is 4.75. The van der Waals surface area contributed by atoms with Crippen molar-refractivity contribution < 1.29 is 14.7 Å². The number of para-hydroxylation sites is 1. The molecule has 36 heavy (non-hydrogen) atoms. The predicted molar refractivity (Wildman–Crippen MR) is 149 cm³/mol. The highest BCUT2D eigenvalue weighted by atomic mass is 32.2. The fourth-order valence-electron chi connectivity index (χ4n) is 4.09. The fourth-order valence-corrected chi connectivity index (χ4v) is 4.90. The molecule has 0 aliphatic rings. The van der Waals surface area contributed by atoms with Gasteiger partial charge >= 0.3 is 12.0 Å². The third-order valence-corrected chi connectivity index (χ3v) is 7.14. The molecule has 3 aromatic rings. The lowest BCUT2D eigenvalue weighted by molar-refractivity contribution is -0.138. The minimum absolute atomic E-state index is 0.128. The molecule has 0 spiro atoms. The van der Waals surface area contributed by atoms with Crippen molar-refractivity contribution in [1.29, 1.82) is 0 Å². The van der Waals surface area contributed by atoms with Gasteiger partial charge in [-0.1, -0.05) is 81.6 Å². The molecule has 0 aliphatic heterocycles. The van der Waals surface area contributed by atoms with Gasteiger partial charge in [0.05, 0.1) is 5.92 Å². The SMILES string of the molecule is CCCCCCCN(C(=O)Nc1ccccc1)c1ccc(Sc2ccc(C(CC)C(=O)O)cc2)cc1. The van der Waals surface area contributed by atoms with Gasteiger partial charge in [-0.25, -0.2) is 4.79 Å². The van der Waals surface area contributed by atoms with Crippen molar-refractivity contribution >= 4 is 35.1 Å². The predicted octanol–water partition coefficient (Wildman–Crippen LogP) is 8.42. The van der Waals surface area contributed by atoms with Gasteiger partial charge in [0.25, 0.3) is 0 Å². The second-order valence-corrected chi connectivity index (χ2v) is 9.97. The molecule has 0 aromatic heterocycles. The molecule has 0 aliphatic carbocycles. The Morgan fingerprint density at radius 2 is 1.44 bits per heavy atom. The minimum atomic E-state index is -0.792. The highest BCUT2D eigenvalue weighted by Crippen LogP contribution is 2.31. The van der Waals surface area contributed by atoms with E-state index in [0.29, 0.717) is 13.0 Å². The van der Waals surface area contributed by atoms with Crippen LogP contribution in [0, 0.1) is 0 Å². The molecule has 190 valence electrons. The Kier molecular flexibility index (Phi) is 10.9. The number of carbonyl (C=O) groups is 2. The van der Waals surface area contributed by atoms with Gasteiger partial charge in [-0.05, 0) is 66.9 Å². The van der Waals surface area contributed by atoms with Crippen LogP contribution in [-0.4, -0.2) is 23.7 Å². The van der Waals surface area contributed by atoms with Crippen LogP contribution in [0.25, 0.3) is 0 Å². The Hall–Kier alpha value is -3.25. The third-order valence-electron chi connectivity index (χ3n) is 6.13. The zero-order valence-electron chi connectivity index (χ0n) is 21.2. The summed E-state index contributed by atoms with van der Waals surface area (Å²) in [7, 11) is 0. The number of nitrogens with zero attached hydrogens (tertiary/aromatic N) is 1. The van der Waals surface area contributed by atoms with Crippen LogP contribution in [0.15, 0.2) is 88.7 Å². The van der Waals surface area contributed by atoms with Crippen molar-refractivity contribution in [3.8, 4) is 0 Å². The molecular formula is C30H36N2O3S. The van der Waals surface area contributed by atoms with Gasteiger partial charge < -0.3 is 10.4 Å². The van der Waals surface area contributed by atoms with Gasteiger partial charge in [0.2, 0.25) is 0 Å². The average molecular weight is 505 g/mol. The van der Waals surface area contributed by atoms with Crippen LogP contribution in [0.5, 0.6) is 0 Å². The highest BCUT2D eigenvalue weighted by Gasteiger charge is 2.18. The van der Waals surface area contributed by atoms with E-state index in [1.54, 1.807) is 11.8 Å². The number of carboxylic acid groups (broad SMARTS) is 1. The van der Waals surface area contributed by atoms with Crippen molar-refractivity contribution in [2.24, 2.45) is 0 Å². The first kappa shape index (κ1) is 27.3. The largest absolute Gasteiger partial charge is 0.481 e. The Morgan fingerprint density at radius 1 is 0.833 bits per heavy atom. The van der Waals surface area contributed by atoms with Crippen LogP contribution in [0.4, 0.5) is 16.2 Å². The summed E-state index contributed by atoms with van der Waals surface area (Å²) in [5.74, 6) is -1.27. The summed E-state index contributed by atoms with van der Waals surface area (Å²) in [6, 6.07) is 25.2. The summed E-state index contributed by atoms with van der Waals surface area (Å²) in [6.07, 6.45) is 6.23. The Labute approximate surface area is 218 Å². The normalized spacial score (nSPS) is 11.6. The van der Waals surface area contributed by atoms with Gasteiger partial charge in [-0.3, -0.25) is 9.69 Å². The van der Waals surface area contributed by atoms with Crippen molar-refractivity contribution in [2.75, 3.05) is 16.8 Å². The van der Waals surface area contributed by atoms with Crippen LogP contribution in [-0.2, 0) is 4.79 Å². The van der Waals surface area contributed by atoms with Gasteiger partial charge in [0, 0.05) is 27.7 Å². The lowest BCUT2D eigenvalue weighted by Crippen LogP contribution is -2.35. The van der Waals surface area contributed by atoms with E-state index >= 15 is 0 Å². The molecule has 6 heteroatoms. The number of nitrogens with one attached hydrogen (secondary N) is 1. The Balaban J connectivity index is 1.68. The molecule has 0 bridgehead atoms. The number of carbonyl (C=O) groups excluding carboxylic acids is 1. The second kappa shape index (κ2) is 14.3. The number of unbranched alkanes of at least 4 members (excludes halogenated alkanes) is 4. The molecule has 0 saturated heterocycles. The van der Waals surface area contributed by atoms with Crippen molar-refractivity contribution in [3.05, 3.63) is 84.4 Å². The smallest absolute Gasteiger partial charge is 0.326 e. The number of rotatable bonds is 13. The highest BCUT2D eigenvalue weighted by molar-refractivity contribution is 7.99. The van der Waals surface area contributed by atoms with Gasteiger partial charge in [0.15, 0.2) is 0 Å². The molecule has 2 amide bonds. The van der Waals surface area contributed by atoms with Crippen LogP contribution in [0.3, 0.4) is 0 Å². The Morgan fingerprint density at radius 3 is 2.03 bits per heavy atom. The summed E-state index contributed by atoms with van der Waals surface area (Å²) in [5.41, 5.74) is 2.47. The van der Waals surface area contributed by atoms with E-state index in [4.69, 9.17) is 0 Å². The van der Waals surface area contributed by atoms with E-state index in [1.807, 2.05) is 90.7 Å². The van der Waals surface area contributed by atoms with E-state index in [0.717, 1.165) is 39.6 Å². The number of anilines is 2. The van der Waals surface area contributed by atoms with Crippen LogP contribution >= 0.6 is 11.8 Å². The molecule has 1 unspecified atom stereocenters. The van der Waals surface area contributed by atoms with Crippen molar-refractivity contribution in [3.63, 3.8) is 0 Å².